The van der Waals surface area contributed by atoms with Crippen molar-refractivity contribution in [2.24, 2.45) is 5.92 Å². The minimum atomic E-state index is -0.676. The average molecular weight is 173 g/mol. The van der Waals surface area contributed by atoms with Crippen LogP contribution in [0.4, 0.5) is 0 Å². The Bertz CT molecular complexity index is 132. The normalized spacial score (nSPS) is 13.3. The highest BCUT2D eigenvalue weighted by atomic mass is 16.4. The van der Waals surface area contributed by atoms with Crippen molar-refractivity contribution in [3.8, 4) is 0 Å². The fourth-order valence-corrected chi connectivity index (χ4v) is 1.18. The molecule has 0 aliphatic heterocycles. The molecule has 72 valence electrons. The molecule has 3 heteroatoms. The Morgan fingerprint density at radius 3 is 2.08 bits per heavy atom. The van der Waals surface area contributed by atoms with Gasteiger partial charge in [-0.25, -0.2) is 0 Å². The van der Waals surface area contributed by atoms with Crippen molar-refractivity contribution in [1.29, 1.82) is 0 Å². The van der Waals surface area contributed by atoms with Gasteiger partial charge in [0.05, 0.1) is 5.92 Å². The van der Waals surface area contributed by atoms with Gasteiger partial charge in [-0.15, -0.1) is 0 Å². The molecule has 0 saturated carbocycles. The second-order valence-electron chi connectivity index (χ2n) is 2.93. The van der Waals surface area contributed by atoms with Gasteiger partial charge in [0, 0.05) is 6.54 Å². The molecule has 0 aromatic rings. The molecular weight excluding hydrogens is 154 g/mol. The van der Waals surface area contributed by atoms with Gasteiger partial charge in [0.2, 0.25) is 0 Å². The monoisotopic (exact) mass is 173 g/mol. The molecule has 0 aromatic heterocycles. The lowest BCUT2D eigenvalue weighted by atomic mass is 10.1. The zero-order valence-electron chi connectivity index (χ0n) is 8.21. The van der Waals surface area contributed by atoms with Gasteiger partial charge in [-0.3, -0.25) is 4.79 Å². The summed E-state index contributed by atoms with van der Waals surface area (Å²) in [6.45, 7) is 8.57. The molecule has 0 aromatic carbocycles. The van der Waals surface area contributed by atoms with E-state index < -0.39 is 5.97 Å². The topological polar surface area (TPSA) is 40.5 Å². The quantitative estimate of drug-likeness (QED) is 0.660. The standard InChI is InChI=1S/C9H19NO2/c1-4-8(9(11)12)7-10(5-2)6-3/h8H,4-7H2,1-3H3,(H,11,12). The van der Waals surface area contributed by atoms with Gasteiger partial charge in [-0.2, -0.15) is 0 Å². The van der Waals surface area contributed by atoms with Crippen LogP contribution in [0.1, 0.15) is 27.2 Å². The Balaban J connectivity index is 3.91. The zero-order valence-corrected chi connectivity index (χ0v) is 8.21. The van der Waals surface area contributed by atoms with Crippen LogP contribution in [0.5, 0.6) is 0 Å². The van der Waals surface area contributed by atoms with Crippen molar-refractivity contribution >= 4 is 5.97 Å². The fraction of sp³-hybridized carbons (Fsp3) is 0.889. The van der Waals surface area contributed by atoms with Gasteiger partial charge >= 0.3 is 5.97 Å². The Labute approximate surface area is 74.4 Å². The summed E-state index contributed by atoms with van der Waals surface area (Å²) in [7, 11) is 0. The molecule has 1 atom stereocenters. The summed E-state index contributed by atoms with van der Waals surface area (Å²) in [5.41, 5.74) is 0. The molecule has 0 radical (unpaired) electrons. The number of hydrogen-bond acceptors (Lipinski definition) is 2. The number of carboxylic acids is 1. The molecule has 0 spiro atoms. The molecule has 0 bridgehead atoms. The van der Waals surface area contributed by atoms with Crippen molar-refractivity contribution in [1.82, 2.24) is 4.90 Å². The highest BCUT2D eigenvalue weighted by Gasteiger charge is 2.16. The average Bonchev–Trinajstić information content (AvgIpc) is 2.06. The largest absolute Gasteiger partial charge is 0.481 e. The zero-order chi connectivity index (χ0) is 9.56. The van der Waals surface area contributed by atoms with Crippen LogP contribution in [-0.2, 0) is 4.79 Å². The summed E-state index contributed by atoms with van der Waals surface area (Å²) in [6.07, 6.45) is 0.714. The van der Waals surface area contributed by atoms with Crippen molar-refractivity contribution in [2.45, 2.75) is 27.2 Å². The first-order valence-electron chi connectivity index (χ1n) is 4.60. The predicted octanol–water partition coefficient (Wildman–Crippen LogP) is 1.44. The number of nitrogens with zero attached hydrogens (tertiary/aromatic N) is 1. The molecule has 0 saturated heterocycles. The van der Waals surface area contributed by atoms with Crippen molar-refractivity contribution in [3.63, 3.8) is 0 Å². The molecular formula is C9H19NO2. The van der Waals surface area contributed by atoms with E-state index in [2.05, 4.69) is 18.7 Å². The van der Waals surface area contributed by atoms with E-state index in [1.165, 1.54) is 0 Å². The summed E-state index contributed by atoms with van der Waals surface area (Å²) < 4.78 is 0. The van der Waals surface area contributed by atoms with Crippen LogP contribution < -0.4 is 0 Å². The molecule has 12 heavy (non-hydrogen) atoms. The molecule has 0 fully saturated rings. The number of aliphatic carboxylic acids is 1. The first-order chi connectivity index (χ1) is 5.65. The lowest BCUT2D eigenvalue weighted by molar-refractivity contribution is -0.142. The van der Waals surface area contributed by atoms with Crippen LogP contribution in [0.3, 0.4) is 0 Å². The van der Waals surface area contributed by atoms with E-state index in [4.69, 9.17) is 5.11 Å². The first-order valence-corrected chi connectivity index (χ1v) is 4.60. The summed E-state index contributed by atoms with van der Waals surface area (Å²) in [5, 5.41) is 8.79. The third kappa shape index (κ3) is 3.72. The summed E-state index contributed by atoms with van der Waals surface area (Å²) in [5.74, 6) is -0.880. The number of rotatable bonds is 6. The number of hydrogen-bond donors (Lipinski definition) is 1. The molecule has 0 rings (SSSR count). The van der Waals surface area contributed by atoms with Gasteiger partial charge < -0.3 is 10.0 Å². The van der Waals surface area contributed by atoms with Crippen LogP contribution in [0.15, 0.2) is 0 Å². The minimum Gasteiger partial charge on any atom is -0.481 e. The summed E-state index contributed by atoms with van der Waals surface area (Å²) in [6, 6.07) is 0. The number of carbonyl (C=O) groups is 1. The van der Waals surface area contributed by atoms with Gasteiger partial charge in [0.15, 0.2) is 0 Å². The predicted molar refractivity (Wildman–Crippen MR) is 49.2 cm³/mol. The second kappa shape index (κ2) is 6.00. The van der Waals surface area contributed by atoms with E-state index in [1.807, 2.05) is 6.92 Å². The lowest BCUT2D eigenvalue weighted by Crippen LogP contribution is -2.32. The maximum Gasteiger partial charge on any atom is 0.307 e. The highest BCUT2D eigenvalue weighted by Crippen LogP contribution is 2.05. The molecule has 0 amide bonds. The van der Waals surface area contributed by atoms with Crippen LogP contribution in [0.25, 0.3) is 0 Å². The maximum atomic E-state index is 10.7. The second-order valence-corrected chi connectivity index (χ2v) is 2.93. The lowest BCUT2D eigenvalue weighted by Gasteiger charge is -2.21. The Morgan fingerprint density at radius 1 is 1.33 bits per heavy atom. The Morgan fingerprint density at radius 2 is 1.83 bits per heavy atom. The van der Waals surface area contributed by atoms with E-state index in [0.717, 1.165) is 13.1 Å². The third-order valence-electron chi connectivity index (χ3n) is 2.22. The molecule has 1 unspecified atom stereocenters. The van der Waals surface area contributed by atoms with E-state index in [9.17, 15) is 4.79 Å². The van der Waals surface area contributed by atoms with E-state index in [1.54, 1.807) is 0 Å². The van der Waals surface area contributed by atoms with Gasteiger partial charge in [-0.1, -0.05) is 20.8 Å². The minimum absolute atomic E-state index is 0.204. The van der Waals surface area contributed by atoms with Crippen molar-refractivity contribution in [3.05, 3.63) is 0 Å². The molecule has 1 N–H and O–H groups in total. The SMILES string of the molecule is CCC(CN(CC)CC)C(=O)O. The smallest absolute Gasteiger partial charge is 0.307 e. The highest BCUT2D eigenvalue weighted by molar-refractivity contribution is 5.70. The Hall–Kier alpha value is -0.570. The van der Waals surface area contributed by atoms with E-state index in [0.29, 0.717) is 13.0 Å². The molecule has 3 nitrogen and oxygen atoms in total. The van der Waals surface area contributed by atoms with Crippen LogP contribution in [0, 0.1) is 5.92 Å². The Kier molecular flexibility index (Phi) is 5.72. The van der Waals surface area contributed by atoms with Gasteiger partial charge in [0.1, 0.15) is 0 Å². The van der Waals surface area contributed by atoms with Crippen LogP contribution in [-0.4, -0.2) is 35.6 Å². The van der Waals surface area contributed by atoms with Crippen LogP contribution in [0.2, 0.25) is 0 Å². The molecule has 0 aliphatic rings. The fourth-order valence-electron chi connectivity index (χ4n) is 1.18. The van der Waals surface area contributed by atoms with Crippen molar-refractivity contribution < 1.29 is 9.90 Å². The van der Waals surface area contributed by atoms with Crippen molar-refractivity contribution in [2.75, 3.05) is 19.6 Å². The summed E-state index contributed by atoms with van der Waals surface area (Å²) >= 11 is 0. The van der Waals surface area contributed by atoms with Crippen LogP contribution >= 0.6 is 0 Å². The first kappa shape index (κ1) is 11.4. The number of carboxylic acid groups (broad SMARTS) is 1. The van der Waals surface area contributed by atoms with E-state index >= 15 is 0 Å². The third-order valence-corrected chi connectivity index (χ3v) is 2.22. The summed E-state index contributed by atoms with van der Waals surface area (Å²) in [4.78, 5) is 12.8. The molecule has 0 heterocycles. The van der Waals surface area contributed by atoms with Gasteiger partial charge in [0.25, 0.3) is 0 Å². The van der Waals surface area contributed by atoms with Gasteiger partial charge in [-0.05, 0) is 19.5 Å². The maximum absolute atomic E-state index is 10.7. The van der Waals surface area contributed by atoms with E-state index in [-0.39, 0.29) is 5.92 Å². The molecule has 0 aliphatic carbocycles.